The molecule has 0 amide bonds. The number of benzene rings is 2. The van der Waals surface area contributed by atoms with E-state index in [9.17, 15) is 9.59 Å². The van der Waals surface area contributed by atoms with Gasteiger partial charge in [-0.15, -0.1) is 0 Å². The molecule has 0 aliphatic rings. The minimum Gasteiger partial charge on any atom is -0.416 e. The fourth-order valence-electron chi connectivity index (χ4n) is 5.03. The second kappa shape index (κ2) is 13.2. The van der Waals surface area contributed by atoms with E-state index in [1.54, 1.807) is 0 Å². The van der Waals surface area contributed by atoms with Crippen molar-refractivity contribution in [3.05, 3.63) is 92.1 Å². The third kappa shape index (κ3) is 7.74. The number of hydrogen-bond donors (Lipinski definition) is 1. The summed E-state index contributed by atoms with van der Waals surface area (Å²) >= 11 is 0. The summed E-state index contributed by atoms with van der Waals surface area (Å²) in [7, 11) is -1.92. The van der Waals surface area contributed by atoms with Gasteiger partial charge in [-0.25, -0.2) is 9.78 Å². The fourth-order valence-corrected chi connectivity index (χ4v) is 6.22. The highest BCUT2D eigenvalue weighted by Crippen LogP contribution is 2.38. The van der Waals surface area contributed by atoms with Gasteiger partial charge in [-0.05, 0) is 54.6 Å². The van der Waals surface area contributed by atoms with Crippen molar-refractivity contribution in [1.29, 1.82) is 0 Å². The van der Waals surface area contributed by atoms with Crippen LogP contribution in [0.2, 0.25) is 18.1 Å². The molecular weight excluding hydrogens is 568 g/mol. The Labute approximate surface area is 262 Å². The quantitative estimate of drug-likeness (QED) is 0.165. The van der Waals surface area contributed by atoms with Crippen LogP contribution in [0.4, 0.5) is 0 Å². The van der Waals surface area contributed by atoms with E-state index in [4.69, 9.17) is 13.9 Å². The molecule has 0 unspecified atom stereocenters. The number of unbranched alkanes of at least 4 members (excludes halogenated alkanes) is 1. The molecule has 0 saturated carbocycles. The first-order valence-corrected chi connectivity index (χ1v) is 18.5. The molecule has 2 heterocycles. The minimum atomic E-state index is -1.92. The van der Waals surface area contributed by atoms with Crippen LogP contribution in [0.1, 0.15) is 77.0 Å². The van der Waals surface area contributed by atoms with Crippen molar-refractivity contribution in [2.75, 3.05) is 6.61 Å². The molecule has 1 N–H and O–H groups in total. The van der Waals surface area contributed by atoms with Gasteiger partial charge in [0.1, 0.15) is 5.82 Å². The van der Waals surface area contributed by atoms with Crippen molar-refractivity contribution >= 4 is 8.32 Å². The van der Waals surface area contributed by atoms with Gasteiger partial charge in [0.15, 0.2) is 14.1 Å². The Hall–Kier alpha value is -3.56. The zero-order valence-electron chi connectivity index (χ0n) is 27.8. The molecule has 4 aromatic rings. The third-order valence-electron chi connectivity index (χ3n) is 8.79. The van der Waals surface area contributed by atoms with E-state index in [0.29, 0.717) is 25.4 Å². The lowest BCUT2D eigenvalue weighted by molar-refractivity contribution is 0.143. The Morgan fingerprint density at radius 2 is 1.64 bits per heavy atom. The average Bonchev–Trinajstić information content (AvgIpc) is 3.41. The summed E-state index contributed by atoms with van der Waals surface area (Å²) in [5.74, 6) is 0.551. The highest BCUT2D eigenvalue weighted by molar-refractivity contribution is 6.74. The number of nitrogens with one attached hydrogen (secondary N) is 1. The lowest BCUT2D eigenvalue weighted by Crippen LogP contribution is -2.44. The average molecular weight is 617 g/mol. The summed E-state index contributed by atoms with van der Waals surface area (Å²) in [4.78, 5) is 33.4. The van der Waals surface area contributed by atoms with Crippen LogP contribution in [0.5, 0.6) is 0 Å². The molecule has 2 aromatic carbocycles. The van der Waals surface area contributed by atoms with Gasteiger partial charge in [-0.1, -0.05) is 102 Å². The van der Waals surface area contributed by atoms with Crippen LogP contribution >= 0.6 is 0 Å². The summed E-state index contributed by atoms with van der Waals surface area (Å²) in [6, 6.07) is 15.9. The van der Waals surface area contributed by atoms with Gasteiger partial charge >= 0.3 is 5.76 Å². The molecule has 2 aromatic heterocycles. The van der Waals surface area contributed by atoms with E-state index in [1.165, 1.54) is 0 Å². The van der Waals surface area contributed by atoms with Crippen LogP contribution in [-0.2, 0) is 23.8 Å². The molecule has 0 fully saturated rings. The van der Waals surface area contributed by atoms with Crippen LogP contribution in [0.15, 0.2) is 62.6 Å². The van der Waals surface area contributed by atoms with Crippen molar-refractivity contribution in [1.82, 2.24) is 19.7 Å². The van der Waals surface area contributed by atoms with Gasteiger partial charge in [-0.2, -0.15) is 0 Å². The van der Waals surface area contributed by atoms with Crippen LogP contribution in [0.25, 0.3) is 22.5 Å². The van der Waals surface area contributed by atoms with Crippen molar-refractivity contribution in [2.45, 2.75) is 98.8 Å². The van der Waals surface area contributed by atoms with Gasteiger partial charge in [0.25, 0.3) is 5.56 Å². The van der Waals surface area contributed by atoms with Crippen molar-refractivity contribution in [2.24, 2.45) is 5.41 Å². The number of H-pyrrole nitrogens is 1. The summed E-state index contributed by atoms with van der Waals surface area (Å²) in [6.07, 6.45) is 3.30. The second-order valence-corrected chi connectivity index (χ2v) is 19.0. The van der Waals surface area contributed by atoms with Crippen LogP contribution in [0.3, 0.4) is 0 Å². The number of rotatable bonds is 12. The Bertz CT molecular complexity index is 1690. The normalized spacial score (nSPS) is 12.6. The smallest absolute Gasteiger partial charge is 0.416 e. The number of hydrogen-bond acceptors (Lipinski definition) is 6. The summed E-state index contributed by atoms with van der Waals surface area (Å²) in [6.45, 7) is 20.8. The third-order valence-corrected chi connectivity index (χ3v) is 13.3. The largest absolute Gasteiger partial charge is 0.439 e. The Balaban J connectivity index is 1.63. The standard InChI is InChI=1S/C35H48N4O4Si/c1-10-11-16-30-29(32(40)39(24(2)36-30)22-35(6,7)23-42-44(8,9)34(3,4)5)21-25-17-19-26(20-18-25)27-14-12-13-15-28(27)31-37-33(41)43-38-31/h12-15,17-20H,10-11,16,21-23H2,1-9H3,(H,37,38,41). The number of aromatic amines is 1. The zero-order chi connectivity index (χ0) is 32.3. The van der Waals surface area contributed by atoms with Crippen LogP contribution in [0, 0.1) is 12.3 Å². The fraction of sp³-hybridized carbons (Fsp3) is 0.486. The Morgan fingerprint density at radius 1 is 0.977 bits per heavy atom. The number of aryl methyl sites for hydroxylation is 2. The molecule has 236 valence electrons. The maximum absolute atomic E-state index is 14.2. The lowest BCUT2D eigenvalue weighted by atomic mass is 9.94. The number of aromatic nitrogens is 4. The van der Waals surface area contributed by atoms with E-state index in [1.807, 2.05) is 47.9 Å². The van der Waals surface area contributed by atoms with Crippen molar-refractivity contribution in [3.63, 3.8) is 0 Å². The van der Waals surface area contributed by atoms with E-state index < -0.39 is 14.1 Å². The first kappa shape index (κ1) is 33.3. The summed E-state index contributed by atoms with van der Waals surface area (Å²) in [5, 5.41) is 3.99. The number of nitrogens with zero attached hydrogens (tertiary/aromatic N) is 3. The maximum atomic E-state index is 14.2. The lowest BCUT2D eigenvalue weighted by Gasteiger charge is -2.39. The highest BCUT2D eigenvalue weighted by Gasteiger charge is 2.38. The topological polar surface area (TPSA) is 103 Å². The molecule has 0 atom stereocenters. The molecule has 0 aliphatic carbocycles. The molecule has 0 radical (unpaired) electrons. The summed E-state index contributed by atoms with van der Waals surface area (Å²) < 4.78 is 13.2. The monoisotopic (exact) mass is 616 g/mol. The molecule has 9 heteroatoms. The van der Waals surface area contributed by atoms with Gasteiger partial charge < -0.3 is 4.43 Å². The molecule has 44 heavy (non-hydrogen) atoms. The Kier molecular flexibility index (Phi) is 10.00. The highest BCUT2D eigenvalue weighted by atomic mass is 28.4. The first-order valence-electron chi connectivity index (χ1n) is 15.6. The van der Waals surface area contributed by atoms with Gasteiger partial charge in [-0.3, -0.25) is 18.9 Å². The van der Waals surface area contributed by atoms with Crippen molar-refractivity contribution < 1.29 is 8.95 Å². The second-order valence-electron chi connectivity index (χ2n) is 14.2. The van der Waals surface area contributed by atoms with Crippen molar-refractivity contribution in [3.8, 4) is 22.5 Å². The Morgan fingerprint density at radius 3 is 2.23 bits per heavy atom. The molecule has 0 saturated heterocycles. The molecule has 0 aliphatic heterocycles. The van der Waals surface area contributed by atoms with E-state index in [2.05, 4.69) is 76.9 Å². The SMILES string of the molecule is CCCCc1nc(C)n(CC(C)(C)CO[Si](C)(C)C(C)(C)C)c(=O)c1Cc1ccc(-c2ccccc2-c2noc(=O)[nH]2)cc1. The van der Waals surface area contributed by atoms with E-state index in [0.717, 1.165) is 58.6 Å². The predicted octanol–water partition coefficient (Wildman–Crippen LogP) is 7.54. The summed E-state index contributed by atoms with van der Waals surface area (Å²) in [5.41, 5.74) is 5.16. The van der Waals surface area contributed by atoms with Gasteiger partial charge in [0, 0.05) is 36.1 Å². The first-order chi connectivity index (χ1) is 20.6. The van der Waals surface area contributed by atoms with Crippen LogP contribution in [-0.4, -0.2) is 34.6 Å². The molecular formula is C35H48N4O4Si. The van der Waals surface area contributed by atoms with E-state index >= 15 is 0 Å². The molecule has 4 rings (SSSR count). The predicted molar refractivity (Wildman–Crippen MR) is 180 cm³/mol. The van der Waals surface area contributed by atoms with E-state index in [-0.39, 0.29) is 16.0 Å². The zero-order valence-corrected chi connectivity index (χ0v) is 28.8. The molecule has 0 spiro atoms. The maximum Gasteiger partial charge on any atom is 0.439 e. The van der Waals surface area contributed by atoms with Gasteiger partial charge in [0.05, 0.1) is 5.69 Å². The molecule has 0 bridgehead atoms. The van der Waals surface area contributed by atoms with Gasteiger partial charge in [0.2, 0.25) is 0 Å². The van der Waals surface area contributed by atoms with Crippen LogP contribution < -0.4 is 11.3 Å². The molecule has 8 nitrogen and oxygen atoms in total. The minimum absolute atomic E-state index is 0.0356.